The fourth-order valence-electron chi connectivity index (χ4n) is 3.33. The molecule has 2 heterocycles. The maximum Gasteiger partial charge on any atom is 0.165 e. The average molecular weight is 338 g/mol. The highest BCUT2D eigenvalue weighted by molar-refractivity contribution is 5.23. The minimum absolute atomic E-state index is 0.108. The van der Waals surface area contributed by atoms with Gasteiger partial charge in [0.15, 0.2) is 11.6 Å². The van der Waals surface area contributed by atoms with E-state index >= 15 is 0 Å². The highest BCUT2D eigenvalue weighted by atomic mass is 19.1. The summed E-state index contributed by atoms with van der Waals surface area (Å²) in [6.45, 7) is 6.46. The Bertz CT molecular complexity index is 503. The quantitative estimate of drug-likeness (QED) is 0.813. The molecular formula is C18H27FN2O3. The van der Waals surface area contributed by atoms with E-state index in [0.29, 0.717) is 12.6 Å². The lowest BCUT2D eigenvalue weighted by molar-refractivity contribution is 0.0259. The fraction of sp³-hybridized carbons (Fsp3) is 0.667. The third-order valence-electron chi connectivity index (χ3n) is 4.69. The van der Waals surface area contributed by atoms with E-state index in [1.54, 1.807) is 18.2 Å². The van der Waals surface area contributed by atoms with Crippen molar-refractivity contribution < 1.29 is 19.0 Å². The predicted molar refractivity (Wildman–Crippen MR) is 89.8 cm³/mol. The number of halogens is 1. The summed E-state index contributed by atoms with van der Waals surface area (Å²) in [5.74, 6) is -0.203. The first-order chi connectivity index (χ1) is 11.7. The van der Waals surface area contributed by atoms with Gasteiger partial charge >= 0.3 is 0 Å². The molecule has 2 saturated heterocycles. The molecule has 1 aromatic rings. The van der Waals surface area contributed by atoms with Crippen LogP contribution in [0.15, 0.2) is 24.3 Å². The van der Waals surface area contributed by atoms with E-state index in [0.717, 1.165) is 39.3 Å². The van der Waals surface area contributed by atoms with Crippen LogP contribution in [0.2, 0.25) is 0 Å². The third kappa shape index (κ3) is 5.14. The molecule has 2 aliphatic rings. The molecule has 2 fully saturated rings. The molecule has 1 aromatic carbocycles. The molecule has 24 heavy (non-hydrogen) atoms. The summed E-state index contributed by atoms with van der Waals surface area (Å²) in [4.78, 5) is 4.68. The highest BCUT2D eigenvalue weighted by Crippen LogP contribution is 2.16. The molecule has 0 aromatic heterocycles. The van der Waals surface area contributed by atoms with Crippen molar-refractivity contribution in [3.63, 3.8) is 0 Å². The number of aliphatic hydroxyl groups is 1. The molecule has 2 aliphatic heterocycles. The van der Waals surface area contributed by atoms with E-state index in [2.05, 4.69) is 9.80 Å². The second-order valence-electron chi connectivity index (χ2n) is 6.63. The van der Waals surface area contributed by atoms with Crippen molar-refractivity contribution in [2.45, 2.75) is 25.0 Å². The van der Waals surface area contributed by atoms with Crippen LogP contribution in [0.1, 0.15) is 12.8 Å². The van der Waals surface area contributed by atoms with Gasteiger partial charge in [-0.05, 0) is 25.0 Å². The van der Waals surface area contributed by atoms with Crippen LogP contribution in [-0.2, 0) is 4.74 Å². The van der Waals surface area contributed by atoms with E-state index < -0.39 is 11.9 Å². The Kier molecular flexibility index (Phi) is 6.43. The van der Waals surface area contributed by atoms with Gasteiger partial charge < -0.3 is 14.6 Å². The van der Waals surface area contributed by atoms with Gasteiger partial charge in [-0.1, -0.05) is 12.1 Å². The molecule has 0 saturated carbocycles. The summed E-state index contributed by atoms with van der Waals surface area (Å²) in [6.07, 6.45) is 2.14. The van der Waals surface area contributed by atoms with Gasteiger partial charge in [0.1, 0.15) is 12.7 Å². The van der Waals surface area contributed by atoms with Gasteiger partial charge in [-0.15, -0.1) is 0 Å². The van der Waals surface area contributed by atoms with Crippen molar-refractivity contribution in [2.75, 3.05) is 52.5 Å². The summed E-state index contributed by atoms with van der Waals surface area (Å²) in [6, 6.07) is 6.27. The number of ether oxygens (including phenoxy) is 2. The third-order valence-corrected chi connectivity index (χ3v) is 4.69. The molecule has 5 nitrogen and oxygen atoms in total. The molecule has 1 N–H and O–H groups in total. The summed E-state index contributed by atoms with van der Waals surface area (Å²) >= 11 is 0. The predicted octanol–water partition coefficient (Wildman–Crippen LogP) is 1.36. The van der Waals surface area contributed by atoms with Crippen LogP contribution >= 0.6 is 0 Å². The Labute approximate surface area is 143 Å². The molecule has 2 atom stereocenters. The standard InChI is InChI=1S/C18H27FN2O3/c19-17-5-1-2-6-18(17)24-14-15(22)12-20-7-9-21(10-8-20)13-16-4-3-11-23-16/h1-2,5-6,15-16,22H,3-4,7-14H2. The van der Waals surface area contributed by atoms with E-state index in [1.807, 2.05) is 0 Å². The van der Waals surface area contributed by atoms with E-state index in [-0.39, 0.29) is 12.4 Å². The van der Waals surface area contributed by atoms with Crippen molar-refractivity contribution in [1.29, 1.82) is 0 Å². The van der Waals surface area contributed by atoms with Crippen LogP contribution in [0, 0.1) is 5.82 Å². The lowest BCUT2D eigenvalue weighted by atomic mass is 10.2. The first-order valence-electron chi connectivity index (χ1n) is 8.82. The minimum atomic E-state index is -0.616. The number of piperazine rings is 1. The lowest BCUT2D eigenvalue weighted by Gasteiger charge is -2.36. The number of hydrogen-bond donors (Lipinski definition) is 1. The SMILES string of the molecule is OC(COc1ccccc1F)CN1CCN(CC2CCCO2)CC1. The largest absolute Gasteiger partial charge is 0.488 e. The van der Waals surface area contributed by atoms with Crippen LogP contribution in [-0.4, -0.2) is 79.6 Å². The first-order valence-corrected chi connectivity index (χ1v) is 8.82. The number of rotatable bonds is 7. The monoisotopic (exact) mass is 338 g/mol. The Morgan fingerprint density at radius 3 is 2.67 bits per heavy atom. The Morgan fingerprint density at radius 2 is 1.96 bits per heavy atom. The first kappa shape index (κ1) is 17.6. The Hall–Kier alpha value is -1.21. The molecule has 6 heteroatoms. The van der Waals surface area contributed by atoms with Crippen LogP contribution in [0.4, 0.5) is 4.39 Å². The Morgan fingerprint density at radius 1 is 1.21 bits per heavy atom. The maximum atomic E-state index is 13.5. The topological polar surface area (TPSA) is 45.2 Å². The normalized spacial score (nSPS) is 24.2. The molecule has 0 spiro atoms. The van der Waals surface area contributed by atoms with Crippen molar-refractivity contribution in [3.8, 4) is 5.75 Å². The molecule has 0 aliphatic carbocycles. The number of hydrogen-bond acceptors (Lipinski definition) is 5. The van der Waals surface area contributed by atoms with Gasteiger partial charge in [0, 0.05) is 45.9 Å². The van der Waals surface area contributed by atoms with Gasteiger partial charge in [-0.25, -0.2) is 4.39 Å². The van der Waals surface area contributed by atoms with E-state index in [1.165, 1.54) is 18.9 Å². The summed E-state index contributed by atoms with van der Waals surface area (Å²) in [7, 11) is 0. The van der Waals surface area contributed by atoms with Crippen molar-refractivity contribution in [3.05, 3.63) is 30.1 Å². The minimum Gasteiger partial charge on any atom is -0.488 e. The second kappa shape index (κ2) is 8.76. The molecule has 0 amide bonds. The van der Waals surface area contributed by atoms with Gasteiger partial charge in [-0.2, -0.15) is 0 Å². The highest BCUT2D eigenvalue weighted by Gasteiger charge is 2.23. The lowest BCUT2D eigenvalue weighted by Crippen LogP contribution is -2.50. The molecule has 0 bridgehead atoms. The van der Waals surface area contributed by atoms with Crippen LogP contribution in [0.3, 0.4) is 0 Å². The van der Waals surface area contributed by atoms with Gasteiger partial charge in [0.2, 0.25) is 0 Å². The van der Waals surface area contributed by atoms with E-state index in [4.69, 9.17) is 9.47 Å². The Balaban J connectivity index is 1.34. The van der Waals surface area contributed by atoms with Gasteiger partial charge in [-0.3, -0.25) is 9.80 Å². The zero-order valence-electron chi connectivity index (χ0n) is 14.1. The number of β-amino-alcohol motifs (C(OH)–C–C–N with tert-alkyl or cyclic N) is 1. The smallest absolute Gasteiger partial charge is 0.165 e. The molecule has 2 unspecified atom stereocenters. The fourth-order valence-corrected chi connectivity index (χ4v) is 3.33. The van der Waals surface area contributed by atoms with Crippen LogP contribution < -0.4 is 4.74 Å². The van der Waals surface area contributed by atoms with Gasteiger partial charge in [0.05, 0.1) is 6.10 Å². The zero-order chi connectivity index (χ0) is 16.8. The zero-order valence-corrected chi connectivity index (χ0v) is 14.1. The number of aliphatic hydroxyl groups excluding tert-OH is 1. The number of nitrogens with zero attached hydrogens (tertiary/aromatic N) is 2. The van der Waals surface area contributed by atoms with Crippen LogP contribution in [0.5, 0.6) is 5.75 Å². The van der Waals surface area contributed by atoms with Crippen LogP contribution in [0.25, 0.3) is 0 Å². The number of benzene rings is 1. The molecular weight excluding hydrogens is 311 g/mol. The van der Waals surface area contributed by atoms with Crippen molar-refractivity contribution in [1.82, 2.24) is 9.80 Å². The van der Waals surface area contributed by atoms with Crippen molar-refractivity contribution in [2.24, 2.45) is 0 Å². The summed E-state index contributed by atoms with van der Waals surface area (Å²) < 4.78 is 24.5. The maximum absolute atomic E-state index is 13.5. The summed E-state index contributed by atoms with van der Waals surface area (Å²) in [5, 5.41) is 10.1. The van der Waals surface area contributed by atoms with Crippen molar-refractivity contribution >= 4 is 0 Å². The average Bonchev–Trinajstić information content (AvgIpc) is 3.09. The molecule has 3 rings (SSSR count). The summed E-state index contributed by atoms with van der Waals surface area (Å²) in [5.41, 5.74) is 0. The van der Waals surface area contributed by atoms with Gasteiger partial charge in [0.25, 0.3) is 0 Å². The number of para-hydroxylation sites is 1. The molecule has 134 valence electrons. The molecule has 0 radical (unpaired) electrons. The van der Waals surface area contributed by atoms with E-state index in [9.17, 15) is 9.50 Å². The second-order valence-corrected chi connectivity index (χ2v) is 6.63.